The molecule has 5 nitrogen and oxygen atoms in total. The minimum atomic E-state index is -3.59. The predicted octanol–water partition coefficient (Wildman–Crippen LogP) is 4.76. The summed E-state index contributed by atoms with van der Waals surface area (Å²) in [5.74, 6) is -0.187. The highest BCUT2D eigenvalue weighted by Gasteiger charge is 2.22. The van der Waals surface area contributed by atoms with Gasteiger partial charge in [-0.15, -0.1) is 11.3 Å². The van der Waals surface area contributed by atoms with Gasteiger partial charge in [-0.2, -0.15) is 0 Å². The molecule has 29 heavy (non-hydrogen) atoms. The van der Waals surface area contributed by atoms with Gasteiger partial charge in [0.25, 0.3) is 15.9 Å². The van der Waals surface area contributed by atoms with E-state index in [2.05, 4.69) is 5.32 Å². The van der Waals surface area contributed by atoms with Crippen molar-refractivity contribution in [1.29, 1.82) is 0 Å². The number of carbonyl (C=O) groups excluding carboxylic acids is 1. The van der Waals surface area contributed by atoms with Gasteiger partial charge in [-0.3, -0.25) is 9.10 Å². The van der Waals surface area contributed by atoms with Crippen molar-refractivity contribution in [2.24, 2.45) is 0 Å². The van der Waals surface area contributed by atoms with E-state index in [1.807, 2.05) is 38.1 Å². The molecule has 1 amide bonds. The van der Waals surface area contributed by atoms with Crippen LogP contribution < -0.4 is 9.62 Å². The second kappa shape index (κ2) is 8.80. The predicted molar refractivity (Wildman–Crippen MR) is 118 cm³/mol. The summed E-state index contributed by atoms with van der Waals surface area (Å²) in [5, 5.41) is 4.78. The lowest BCUT2D eigenvalue weighted by Crippen LogP contribution is -2.28. The van der Waals surface area contributed by atoms with Crippen molar-refractivity contribution < 1.29 is 13.2 Å². The summed E-state index contributed by atoms with van der Waals surface area (Å²) in [7, 11) is -2.08. The third kappa shape index (κ3) is 4.68. The highest BCUT2D eigenvalue weighted by Crippen LogP contribution is 2.25. The Morgan fingerprint density at radius 1 is 1.07 bits per heavy atom. The van der Waals surface area contributed by atoms with Gasteiger partial charge < -0.3 is 5.32 Å². The molecule has 0 aliphatic heterocycles. The van der Waals surface area contributed by atoms with Crippen LogP contribution in [0.15, 0.2) is 70.3 Å². The van der Waals surface area contributed by atoms with E-state index in [4.69, 9.17) is 0 Å². The first-order chi connectivity index (χ1) is 13.8. The maximum Gasteiger partial charge on any atom is 0.273 e. The maximum absolute atomic E-state index is 12.7. The van der Waals surface area contributed by atoms with E-state index < -0.39 is 10.0 Å². The Kier molecular flexibility index (Phi) is 6.39. The second-order valence-electron chi connectivity index (χ2n) is 6.80. The van der Waals surface area contributed by atoms with Gasteiger partial charge in [-0.05, 0) is 54.6 Å². The van der Waals surface area contributed by atoms with Gasteiger partial charge in [0.2, 0.25) is 0 Å². The molecule has 0 fully saturated rings. The van der Waals surface area contributed by atoms with Gasteiger partial charge in [-0.1, -0.05) is 42.8 Å². The van der Waals surface area contributed by atoms with E-state index in [9.17, 15) is 13.2 Å². The third-order valence-corrected chi connectivity index (χ3v) is 7.95. The number of benzene rings is 2. The van der Waals surface area contributed by atoms with Crippen molar-refractivity contribution in [3.8, 4) is 0 Å². The van der Waals surface area contributed by atoms with Crippen LogP contribution in [0.2, 0.25) is 0 Å². The minimum absolute atomic E-state index is 0.0790. The van der Waals surface area contributed by atoms with Crippen LogP contribution in [0.5, 0.6) is 0 Å². The molecule has 1 aromatic heterocycles. The minimum Gasteiger partial charge on any atom is -0.345 e. The average molecular weight is 429 g/mol. The van der Waals surface area contributed by atoms with Crippen LogP contribution in [0.1, 0.15) is 40.9 Å². The van der Waals surface area contributed by atoms with Crippen LogP contribution in [0.3, 0.4) is 0 Å². The molecular formula is C22H24N2O3S2. The summed E-state index contributed by atoms with van der Waals surface area (Å²) in [5.41, 5.74) is 3.22. The lowest BCUT2D eigenvalue weighted by Gasteiger charge is -2.20. The molecule has 3 aromatic rings. The summed E-state index contributed by atoms with van der Waals surface area (Å²) in [6.07, 6.45) is 0.772. The molecule has 0 spiro atoms. The third-order valence-electron chi connectivity index (χ3n) is 4.80. The van der Waals surface area contributed by atoms with E-state index in [0.29, 0.717) is 11.3 Å². The molecule has 152 valence electrons. The SMILES string of the molecule is CC[C@H](NC(=O)c1ccc(N(C)S(=O)(=O)c2cccs2)cc1)c1ccc(C)cc1. The number of carbonyl (C=O) groups is 1. The summed E-state index contributed by atoms with van der Waals surface area (Å²) in [4.78, 5) is 12.7. The lowest BCUT2D eigenvalue weighted by molar-refractivity contribution is 0.0935. The Morgan fingerprint density at radius 2 is 1.72 bits per heavy atom. The van der Waals surface area contributed by atoms with Crippen LogP contribution in [0.25, 0.3) is 0 Å². The summed E-state index contributed by atoms with van der Waals surface area (Å²) < 4.78 is 26.8. The second-order valence-corrected chi connectivity index (χ2v) is 9.94. The van der Waals surface area contributed by atoms with Crippen LogP contribution in [-0.2, 0) is 10.0 Å². The molecule has 0 radical (unpaired) electrons. The molecule has 0 bridgehead atoms. The fourth-order valence-electron chi connectivity index (χ4n) is 2.97. The molecule has 0 aliphatic carbocycles. The summed E-state index contributed by atoms with van der Waals surface area (Å²) in [6, 6.07) is 17.9. The van der Waals surface area contributed by atoms with Crippen LogP contribution in [0, 0.1) is 6.92 Å². The van der Waals surface area contributed by atoms with Gasteiger partial charge in [0.1, 0.15) is 4.21 Å². The fraction of sp³-hybridized carbons (Fsp3) is 0.227. The largest absolute Gasteiger partial charge is 0.345 e. The van der Waals surface area contributed by atoms with Crippen molar-refractivity contribution >= 4 is 33.0 Å². The number of nitrogens with zero attached hydrogens (tertiary/aromatic N) is 1. The molecule has 3 rings (SSSR count). The van der Waals surface area contributed by atoms with Crippen molar-refractivity contribution in [3.05, 3.63) is 82.7 Å². The van der Waals surface area contributed by atoms with Crippen LogP contribution >= 0.6 is 11.3 Å². The van der Waals surface area contributed by atoms with Gasteiger partial charge in [0.05, 0.1) is 11.7 Å². The Labute approximate surface area is 176 Å². The number of amides is 1. The van der Waals surface area contributed by atoms with E-state index in [0.717, 1.165) is 12.0 Å². The first-order valence-corrected chi connectivity index (χ1v) is 11.6. The molecule has 0 saturated heterocycles. The molecule has 0 aliphatic rings. The first kappa shape index (κ1) is 21.1. The van der Waals surface area contributed by atoms with Crippen molar-refractivity contribution in [3.63, 3.8) is 0 Å². The molecule has 0 unspecified atom stereocenters. The summed E-state index contributed by atoms with van der Waals surface area (Å²) >= 11 is 1.18. The van der Waals surface area contributed by atoms with Gasteiger partial charge in [0.15, 0.2) is 0 Å². The van der Waals surface area contributed by atoms with Crippen molar-refractivity contribution in [2.75, 3.05) is 11.4 Å². The zero-order chi connectivity index (χ0) is 21.0. The number of sulfonamides is 1. The van der Waals surface area contributed by atoms with Gasteiger partial charge in [-0.25, -0.2) is 8.42 Å². The zero-order valence-corrected chi connectivity index (χ0v) is 18.3. The summed E-state index contributed by atoms with van der Waals surface area (Å²) in [6.45, 7) is 4.05. The highest BCUT2D eigenvalue weighted by molar-refractivity contribution is 7.94. The molecule has 2 aromatic carbocycles. The van der Waals surface area contributed by atoms with E-state index in [-0.39, 0.29) is 16.2 Å². The monoisotopic (exact) mass is 428 g/mol. The maximum atomic E-state index is 12.7. The lowest BCUT2D eigenvalue weighted by atomic mass is 10.0. The Balaban J connectivity index is 1.73. The molecule has 1 atom stereocenters. The normalized spacial score (nSPS) is 12.4. The van der Waals surface area contributed by atoms with Gasteiger partial charge >= 0.3 is 0 Å². The number of aryl methyl sites for hydroxylation is 1. The van der Waals surface area contributed by atoms with Crippen molar-refractivity contribution in [1.82, 2.24) is 5.32 Å². The molecule has 0 saturated carbocycles. The van der Waals surface area contributed by atoms with E-state index >= 15 is 0 Å². The zero-order valence-electron chi connectivity index (χ0n) is 16.6. The van der Waals surface area contributed by atoms with Crippen LogP contribution in [-0.4, -0.2) is 21.4 Å². The van der Waals surface area contributed by atoms with Crippen molar-refractivity contribution in [2.45, 2.75) is 30.5 Å². The topological polar surface area (TPSA) is 66.5 Å². The first-order valence-electron chi connectivity index (χ1n) is 9.33. The Hall–Kier alpha value is -2.64. The Bertz CT molecular complexity index is 1060. The number of hydrogen-bond donors (Lipinski definition) is 1. The molecular weight excluding hydrogens is 404 g/mol. The molecule has 1 heterocycles. The van der Waals surface area contributed by atoms with Gasteiger partial charge in [0, 0.05) is 12.6 Å². The molecule has 1 N–H and O–H groups in total. The quantitative estimate of drug-likeness (QED) is 0.590. The fourth-order valence-corrected chi connectivity index (χ4v) is 5.32. The smallest absolute Gasteiger partial charge is 0.273 e. The number of thiophene rings is 1. The average Bonchev–Trinajstić information content (AvgIpc) is 3.28. The highest BCUT2D eigenvalue weighted by atomic mass is 32.2. The number of rotatable bonds is 7. The standard InChI is InChI=1S/C22H24N2O3S2/c1-4-20(17-9-7-16(2)8-10-17)23-22(25)18-11-13-19(14-12-18)24(3)29(26,27)21-6-5-15-28-21/h5-15,20H,4H2,1-3H3,(H,23,25)/t20-/m0/s1. The number of nitrogens with one attached hydrogen (secondary N) is 1. The van der Waals surface area contributed by atoms with E-state index in [1.54, 1.807) is 41.8 Å². The number of hydrogen-bond acceptors (Lipinski definition) is 4. The molecule has 7 heteroatoms. The Morgan fingerprint density at radius 3 is 2.28 bits per heavy atom. The number of anilines is 1. The van der Waals surface area contributed by atoms with Crippen LogP contribution in [0.4, 0.5) is 5.69 Å². The van der Waals surface area contributed by atoms with E-state index in [1.165, 1.54) is 28.3 Å².